The van der Waals surface area contributed by atoms with Crippen molar-refractivity contribution in [3.05, 3.63) is 112 Å². The largest absolute Gasteiger partial charge is 0.223 e. The van der Waals surface area contributed by atoms with Gasteiger partial charge in [-0.05, 0) is 13.0 Å². The van der Waals surface area contributed by atoms with Crippen LogP contribution >= 0.6 is 22.6 Å². The highest BCUT2D eigenvalue weighted by atomic mass is 127. The lowest BCUT2D eigenvalue weighted by Crippen LogP contribution is -2.02. The second-order valence-electron chi connectivity index (χ2n) is 5.26. The minimum absolute atomic E-state index is 0.712. The fourth-order valence-corrected chi connectivity index (χ4v) is 2.77. The molecule has 0 amide bonds. The van der Waals surface area contributed by atoms with E-state index in [0.29, 0.717) is 3.83 Å². The smallest absolute Gasteiger partial charge is 0.191 e. The fourth-order valence-electron chi connectivity index (χ4n) is 2.27. The van der Waals surface area contributed by atoms with Crippen LogP contribution in [0.15, 0.2) is 91.6 Å². The average molecular weight is 452 g/mol. The Balaban J connectivity index is 2.65. The molecule has 0 aliphatic heterocycles. The van der Waals surface area contributed by atoms with E-state index in [2.05, 4.69) is 46.3 Å². The molecule has 1 heterocycles. The van der Waals surface area contributed by atoms with Crippen LogP contribution in [0.25, 0.3) is 17.7 Å². The number of rotatable bonds is 4. The summed E-state index contributed by atoms with van der Waals surface area (Å²) in [4.78, 5) is 9.28. The van der Waals surface area contributed by atoms with Crippen LogP contribution in [-0.4, -0.2) is 9.97 Å². The number of nitrogens with zero attached hydrogens (tertiary/aromatic N) is 2. The van der Waals surface area contributed by atoms with Gasteiger partial charge in [0.1, 0.15) is 0 Å². The van der Waals surface area contributed by atoms with Crippen LogP contribution in [0.3, 0.4) is 0 Å². The van der Waals surface area contributed by atoms with Crippen molar-refractivity contribution in [2.45, 2.75) is 6.92 Å². The van der Waals surface area contributed by atoms with Crippen molar-refractivity contribution < 1.29 is 0 Å². The maximum absolute atomic E-state index is 4.71. The van der Waals surface area contributed by atoms with Crippen LogP contribution in [0.5, 0.6) is 0 Å². The SMILES string of the molecule is C=C/C=C\c1c(/C=C\C)nc(I)nc1C1=C/C=C\C=C/C=C\C=C/C=C\1. The molecular weight excluding hydrogens is 431 g/mol. The molecule has 1 aliphatic carbocycles. The predicted octanol–water partition coefficient (Wildman–Crippen LogP) is 6.49. The van der Waals surface area contributed by atoms with Gasteiger partial charge in [-0.3, -0.25) is 0 Å². The Bertz CT molecular complexity index is 876. The Morgan fingerprint density at radius 2 is 1.54 bits per heavy atom. The third-order valence-corrected chi connectivity index (χ3v) is 3.87. The van der Waals surface area contributed by atoms with E-state index in [-0.39, 0.29) is 0 Å². The molecule has 0 aromatic carbocycles. The van der Waals surface area contributed by atoms with Crippen molar-refractivity contribution in [3.8, 4) is 0 Å². The van der Waals surface area contributed by atoms with Crippen LogP contribution in [0.1, 0.15) is 23.9 Å². The highest BCUT2D eigenvalue weighted by Gasteiger charge is 2.12. The van der Waals surface area contributed by atoms with Gasteiger partial charge in [-0.25, -0.2) is 9.97 Å². The highest BCUT2D eigenvalue weighted by Crippen LogP contribution is 2.24. The van der Waals surface area contributed by atoms with E-state index in [1.165, 1.54) is 0 Å². The van der Waals surface area contributed by atoms with Gasteiger partial charge in [0.25, 0.3) is 0 Å². The molecule has 0 atom stereocenters. The van der Waals surface area contributed by atoms with Gasteiger partial charge in [-0.2, -0.15) is 0 Å². The Labute approximate surface area is 169 Å². The maximum atomic E-state index is 4.71. The molecule has 130 valence electrons. The monoisotopic (exact) mass is 452 g/mol. The Kier molecular flexibility index (Phi) is 8.49. The van der Waals surface area contributed by atoms with Crippen molar-refractivity contribution in [1.82, 2.24) is 9.97 Å². The summed E-state index contributed by atoms with van der Waals surface area (Å²) in [6.07, 6.45) is 31.8. The molecule has 3 heteroatoms. The Morgan fingerprint density at radius 1 is 0.885 bits per heavy atom. The number of hydrogen-bond donors (Lipinski definition) is 0. The van der Waals surface area contributed by atoms with E-state index in [1.54, 1.807) is 6.08 Å². The third kappa shape index (κ3) is 6.08. The van der Waals surface area contributed by atoms with E-state index in [1.807, 2.05) is 85.9 Å². The zero-order valence-corrected chi connectivity index (χ0v) is 16.9. The van der Waals surface area contributed by atoms with E-state index in [9.17, 15) is 0 Å². The first-order valence-electron chi connectivity index (χ1n) is 8.31. The average Bonchev–Trinajstić information content (AvgIpc) is 2.61. The third-order valence-electron chi connectivity index (χ3n) is 3.39. The summed E-state index contributed by atoms with van der Waals surface area (Å²) in [6.45, 7) is 5.75. The van der Waals surface area contributed by atoms with Gasteiger partial charge in [-0.15, -0.1) is 0 Å². The van der Waals surface area contributed by atoms with Crippen LogP contribution in [0.2, 0.25) is 0 Å². The Morgan fingerprint density at radius 3 is 2.19 bits per heavy atom. The molecule has 1 aliphatic rings. The van der Waals surface area contributed by atoms with Crippen LogP contribution < -0.4 is 0 Å². The lowest BCUT2D eigenvalue weighted by atomic mass is 10.0. The number of allylic oxidation sites excluding steroid dienone is 15. The van der Waals surface area contributed by atoms with Gasteiger partial charge in [0, 0.05) is 33.7 Å². The summed E-state index contributed by atoms with van der Waals surface area (Å²) in [6, 6.07) is 0. The zero-order chi connectivity index (χ0) is 18.6. The lowest BCUT2D eigenvalue weighted by molar-refractivity contribution is 1.06. The molecule has 0 spiro atoms. The minimum atomic E-state index is 0.712. The predicted molar refractivity (Wildman–Crippen MR) is 122 cm³/mol. The molecule has 0 radical (unpaired) electrons. The zero-order valence-electron chi connectivity index (χ0n) is 14.7. The number of hydrogen-bond acceptors (Lipinski definition) is 2. The van der Waals surface area contributed by atoms with E-state index in [0.717, 1.165) is 22.5 Å². The van der Waals surface area contributed by atoms with Gasteiger partial charge < -0.3 is 0 Å². The van der Waals surface area contributed by atoms with Crippen LogP contribution in [0, 0.1) is 3.83 Å². The second kappa shape index (κ2) is 11.2. The van der Waals surface area contributed by atoms with Gasteiger partial charge in [0.15, 0.2) is 3.83 Å². The molecule has 1 aromatic heterocycles. The summed E-state index contributed by atoms with van der Waals surface area (Å²) in [5, 5.41) is 0. The van der Waals surface area contributed by atoms with Gasteiger partial charge in [-0.1, -0.05) is 97.7 Å². The van der Waals surface area contributed by atoms with Crippen molar-refractivity contribution in [1.29, 1.82) is 0 Å². The number of halogens is 1. The molecule has 0 saturated carbocycles. The van der Waals surface area contributed by atoms with E-state index >= 15 is 0 Å². The molecule has 0 saturated heterocycles. The van der Waals surface area contributed by atoms with E-state index in [4.69, 9.17) is 4.98 Å². The molecule has 0 N–H and O–H groups in total. The van der Waals surface area contributed by atoms with E-state index < -0.39 is 0 Å². The Hall–Kier alpha value is -2.53. The molecule has 0 fully saturated rings. The van der Waals surface area contributed by atoms with Crippen LogP contribution in [-0.2, 0) is 0 Å². The summed E-state index contributed by atoms with van der Waals surface area (Å²) >= 11 is 2.16. The van der Waals surface area contributed by atoms with Crippen LogP contribution in [0.4, 0.5) is 0 Å². The summed E-state index contributed by atoms with van der Waals surface area (Å²) in [7, 11) is 0. The normalized spacial score (nSPS) is 22.8. The summed E-state index contributed by atoms with van der Waals surface area (Å²) in [5.41, 5.74) is 3.77. The van der Waals surface area contributed by atoms with Gasteiger partial charge >= 0.3 is 0 Å². The molecule has 26 heavy (non-hydrogen) atoms. The highest BCUT2D eigenvalue weighted by molar-refractivity contribution is 14.1. The summed E-state index contributed by atoms with van der Waals surface area (Å²) in [5.74, 6) is 0. The first kappa shape index (κ1) is 19.8. The van der Waals surface area contributed by atoms with Crippen molar-refractivity contribution in [2.75, 3.05) is 0 Å². The fraction of sp³-hybridized carbons (Fsp3) is 0.0435. The molecule has 1 aromatic rings. The second-order valence-corrected chi connectivity index (χ2v) is 6.22. The minimum Gasteiger partial charge on any atom is -0.223 e. The summed E-state index contributed by atoms with van der Waals surface area (Å²) < 4.78 is 0.712. The quantitative estimate of drug-likeness (QED) is 0.297. The molecular formula is C23H21IN2. The molecule has 0 bridgehead atoms. The standard InChI is InChI=1S/C23H21IN2/c1-3-5-18-20-21(15-4-2)25-23(24)26-22(20)19-16-13-11-9-7-6-8-10-12-14-17-19/h3-18H,1H2,2H3/b7-6-,8-6?,9-7?,10-8-,11-9-,12-10?,13-11?,14-12-,15-4-,16-13-,17-14?,18-5-,19-16?,19-17+. The van der Waals surface area contributed by atoms with Gasteiger partial charge in [0.2, 0.25) is 0 Å². The number of aromatic nitrogens is 2. The topological polar surface area (TPSA) is 25.8 Å². The lowest BCUT2D eigenvalue weighted by Gasteiger charge is -2.10. The van der Waals surface area contributed by atoms with Crippen molar-refractivity contribution >= 4 is 40.3 Å². The molecule has 0 unspecified atom stereocenters. The van der Waals surface area contributed by atoms with Crippen molar-refractivity contribution in [3.63, 3.8) is 0 Å². The van der Waals surface area contributed by atoms with Crippen molar-refractivity contribution in [2.24, 2.45) is 0 Å². The molecule has 2 rings (SSSR count). The maximum Gasteiger partial charge on any atom is 0.191 e. The van der Waals surface area contributed by atoms with Gasteiger partial charge in [0.05, 0.1) is 11.4 Å². The first-order chi connectivity index (χ1) is 12.8. The first-order valence-corrected chi connectivity index (χ1v) is 9.39. The molecule has 2 nitrogen and oxygen atoms in total.